The van der Waals surface area contributed by atoms with E-state index in [1.807, 2.05) is 6.92 Å². The lowest BCUT2D eigenvalue weighted by molar-refractivity contribution is -0.189. The molecule has 3 aromatic rings. The number of pyridine rings is 1. The van der Waals surface area contributed by atoms with Crippen LogP contribution in [-0.4, -0.2) is 50.4 Å². The number of nitrogens with one attached hydrogen (secondary N) is 1. The van der Waals surface area contributed by atoms with Crippen molar-refractivity contribution < 1.29 is 17.9 Å². The summed E-state index contributed by atoms with van der Waals surface area (Å²) in [5.74, 6) is 0.544. The van der Waals surface area contributed by atoms with Crippen LogP contribution < -0.4 is 15.0 Å². The normalized spacial score (nSPS) is 20.8. The molecule has 1 N–H and O–H groups in total. The Balaban J connectivity index is 1.51. The molecule has 4 rings (SSSR count). The molecule has 31 heavy (non-hydrogen) atoms. The first-order valence-electron chi connectivity index (χ1n) is 9.83. The van der Waals surface area contributed by atoms with Gasteiger partial charge in [-0.15, -0.1) is 5.10 Å². The maximum absolute atomic E-state index is 12.9. The van der Waals surface area contributed by atoms with Crippen molar-refractivity contribution in [3.63, 3.8) is 0 Å². The number of aromatic nitrogens is 4. The molecule has 1 aliphatic heterocycles. The molecule has 3 atom stereocenters. The third-order valence-corrected chi connectivity index (χ3v) is 6.16. The highest BCUT2D eigenvalue weighted by molar-refractivity contribution is 7.10. The summed E-state index contributed by atoms with van der Waals surface area (Å²) in [6.07, 6.45) is -4.80. The van der Waals surface area contributed by atoms with Crippen LogP contribution >= 0.6 is 11.5 Å². The fraction of sp³-hybridized carbons (Fsp3) is 0.450. The number of ether oxygens (including phenoxy) is 1. The molecule has 0 amide bonds. The molecule has 0 aliphatic carbocycles. The van der Waals surface area contributed by atoms with Gasteiger partial charge in [0, 0.05) is 19.3 Å². The van der Waals surface area contributed by atoms with Gasteiger partial charge in [-0.2, -0.15) is 22.5 Å². The van der Waals surface area contributed by atoms with E-state index >= 15 is 0 Å². The topological polar surface area (TPSA) is 67.6 Å². The lowest BCUT2D eigenvalue weighted by atomic mass is 9.90. The quantitative estimate of drug-likeness (QED) is 0.582. The molecule has 0 bridgehead atoms. The van der Waals surface area contributed by atoms with Crippen LogP contribution in [0.1, 0.15) is 19.5 Å². The van der Waals surface area contributed by atoms with Gasteiger partial charge in [-0.05, 0) is 55.1 Å². The number of piperidine rings is 1. The van der Waals surface area contributed by atoms with E-state index in [4.69, 9.17) is 4.74 Å². The van der Waals surface area contributed by atoms with Crippen molar-refractivity contribution in [2.45, 2.75) is 39.1 Å². The lowest BCUT2D eigenvalue weighted by Crippen LogP contribution is -2.46. The Kier molecular flexibility index (Phi) is 5.54. The van der Waals surface area contributed by atoms with Crippen molar-refractivity contribution in [2.24, 2.45) is 5.92 Å². The Morgan fingerprint density at radius 3 is 2.81 bits per heavy atom. The van der Waals surface area contributed by atoms with E-state index in [0.717, 1.165) is 29.7 Å². The summed E-state index contributed by atoms with van der Waals surface area (Å²) in [6.45, 7) is 10.8. The Morgan fingerprint density at radius 1 is 1.39 bits per heavy atom. The summed E-state index contributed by atoms with van der Waals surface area (Å²) in [7, 11) is 0. The summed E-state index contributed by atoms with van der Waals surface area (Å²) < 4.78 is 49.5. The van der Waals surface area contributed by atoms with Crippen LogP contribution in [0.2, 0.25) is 0 Å². The van der Waals surface area contributed by atoms with E-state index in [2.05, 4.69) is 44.2 Å². The number of nitrogens with zero attached hydrogens (tertiary/aromatic N) is 5. The Morgan fingerprint density at radius 2 is 2.16 bits per heavy atom. The number of rotatable bonds is 5. The van der Waals surface area contributed by atoms with Gasteiger partial charge in [-0.1, -0.05) is 13.5 Å². The highest BCUT2D eigenvalue weighted by atomic mass is 32.1. The minimum Gasteiger partial charge on any atom is -0.477 e. The SMILES string of the molecule is C=C1CN(c2cc(C)ns2)CC(C)C1Nc1nc2c(OC(C)C(F)(F)F)cccn2n1. The molecule has 3 unspecified atom stereocenters. The van der Waals surface area contributed by atoms with Crippen molar-refractivity contribution in [3.8, 4) is 5.75 Å². The maximum Gasteiger partial charge on any atom is 0.425 e. The van der Waals surface area contributed by atoms with Crippen LogP contribution in [0.15, 0.2) is 36.5 Å². The van der Waals surface area contributed by atoms with Gasteiger partial charge in [0.1, 0.15) is 5.00 Å². The van der Waals surface area contributed by atoms with E-state index in [1.54, 1.807) is 12.3 Å². The minimum atomic E-state index is -4.47. The number of hydrogen-bond donors (Lipinski definition) is 1. The molecule has 11 heteroatoms. The zero-order valence-corrected chi connectivity index (χ0v) is 18.2. The van der Waals surface area contributed by atoms with E-state index in [9.17, 15) is 13.2 Å². The molecule has 0 spiro atoms. The van der Waals surface area contributed by atoms with Gasteiger partial charge in [-0.25, -0.2) is 4.52 Å². The van der Waals surface area contributed by atoms with Crippen molar-refractivity contribution in [3.05, 3.63) is 42.2 Å². The number of halogens is 3. The van der Waals surface area contributed by atoms with E-state index in [0.29, 0.717) is 12.5 Å². The van der Waals surface area contributed by atoms with Crippen molar-refractivity contribution >= 4 is 28.1 Å². The monoisotopic (exact) mass is 452 g/mol. The molecule has 166 valence electrons. The molecular weight excluding hydrogens is 429 g/mol. The van der Waals surface area contributed by atoms with Gasteiger partial charge in [0.2, 0.25) is 5.95 Å². The second kappa shape index (κ2) is 8.03. The summed E-state index contributed by atoms with van der Waals surface area (Å²) >= 11 is 1.47. The first-order chi connectivity index (χ1) is 14.6. The Bertz CT molecular complexity index is 1090. The van der Waals surface area contributed by atoms with Crippen LogP contribution in [0.3, 0.4) is 0 Å². The predicted molar refractivity (Wildman–Crippen MR) is 114 cm³/mol. The first-order valence-corrected chi connectivity index (χ1v) is 10.6. The molecule has 0 radical (unpaired) electrons. The van der Waals surface area contributed by atoms with Crippen LogP contribution in [-0.2, 0) is 0 Å². The van der Waals surface area contributed by atoms with Crippen LogP contribution in [0.5, 0.6) is 5.75 Å². The number of fused-ring (bicyclic) bond motifs is 1. The molecule has 0 saturated carbocycles. The highest BCUT2D eigenvalue weighted by Gasteiger charge is 2.38. The lowest BCUT2D eigenvalue weighted by Gasteiger charge is -2.39. The van der Waals surface area contributed by atoms with Crippen molar-refractivity contribution in [1.29, 1.82) is 0 Å². The van der Waals surface area contributed by atoms with Gasteiger partial charge in [0.05, 0.1) is 11.7 Å². The third-order valence-electron chi connectivity index (χ3n) is 5.21. The summed E-state index contributed by atoms with van der Waals surface area (Å²) in [5, 5.41) is 8.76. The van der Waals surface area contributed by atoms with Crippen LogP contribution in [0.4, 0.5) is 24.1 Å². The molecule has 4 heterocycles. The fourth-order valence-corrected chi connectivity index (χ4v) is 4.37. The number of anilines is 2. The fourth-order valence-electron chi connectivity index (χ4n) is 3.61. The summed E-state index contributed by atoms with van der Waals surface area (Å²) in [4.78, 5) is 6.62. The zero-order chi connectivity index (χ0) is 22.3. The molecular formula is C20H23F3N6OS. The van der Waals surface area contributed by atoms with E-state index in [-0.39, 0.29) is 23.4 Å². The highest BCUT2D eigenvalue weighted by Crippen LogP contribution is 2.31. The molecule has 0 aromatic carbocycles. The van der Waals surface area contributed by atoms with Gasteiger partial charge in [-0.3, -0.25) is 0 Å². The van der Waals surface area contributed by atoms with Crippen molar-refractivity contribution in [1.82, 2.24) is 19.0 Å². The second-order valence-corrected chi connectivity index (χ2v) is 8.61. The first kappa shape index (κ1) is 21.4. The van der Waals surface area contributed by atoms with Gasteiger partial charge < -0.3 is 15.0 Å². The summed E-state index contributed by atoms with van der Waals surface area (Å²) in [5.41, 5.74) is 2.19. The van der Waals surface area contributed by atoms with Gasteiger partial charge >= 0.3 is 6.18 Å². The van der Waals surface area contributed by atoms with Gasteiger partial charge in [0.25, 0.3) is 0 Å². The third kappa shape index (κ3) is 4.46. The van der Waals surface area contributed by atoms with Crippen LogP contribution in [0, 0.1) is 12.8 Å². The maximum atomic E-state index is 12.9. The van der Waals surface area contributed by atoms with E-state index in [1.165, 1.54) is 22.1 Å². The molecule has 1 aliphatic rings. The van der Waals surface area contributed by atoms with E-state index < -0.39 is 12.3 Å². The van der Waals surface area contributed by atoms with Gasteiger partial charge in [0.15, 0.2) is 17.5 Å². The standard InChI is InChI=1S/C20H23F3N6OS/c1-11-9-28(16-8-13(3)27-31-16)10-12(2)17(11)24-19-25-18-15(6-5-7-29(18)26-19)30-14(4)20(21,22)23/h5-8,12,14,17H,1,9-10H2,2-4H3,(H,24,26). The molecule has 3 aromatic heterocycles. The summed E-state index contributed by atoms with van der Waals surface area (Å²) in [6, 6.07) is 5.01. The minimum absolute atomic E-state index is 0.0233. The smallest absolute Gasteiger partial charge is 0.425 e. The molecule has 1 saturated heterocycles. The molecule has 7 nitrogen and oxygen atoms in total. The molecule has 1 fully saturated rings. The average Bonchev–Trinajstić information content (AvgIpc) is 3.30. The predicted octanol–water partition coefficient (Wildman–Crippen LogP) is 4.32. The van der Waals surface area contributed by atoms with Crippen LogP contribution in [0.25, 0.3) is 5.65 Å². The zero-order valence-electron chi connectivity index (χ0n) is 17.3. The number of aryl methyl sites for hydroxylation is 1. The Labute approximate surface area is 181 Å². The van der Waals surface area contributed by atoms with Crippen molar-refractivity contribution in [2.75, 3.05) is 23.3 Å². The Hall–Kier alpha value is -2.82. The number of alkyl halides is 3. The number of hydrogen-bond acceptors (Lipinski definition) is 7. The largest absolute Gasteiger partial charge is 0.477 e. The second-order valence-electron chi connectivity index (χ2n) is 7.82. The average molecular weight is 453 g/mol.